The molecule has 0 spiro atoms. The number of hydrogen-bond acceptors (Lipinski definition) is 3. The van der Waals surface area contributed by atoms with Gasteiger partial charge in [-0.25, -0.2) is 0 Å². The molecule has 0 aromatic heterocycles. The molecule has 0 aliphatic carbocycles. The van der Waals surface area contributed by atoms with Crippen molar-refractivity contribution in [2.24, 2.45) is 0 Å². The number of carbonyl (C=O) groups is 1. The zero-order valence-electron chi connectivity index (χ0n) is 13.1. The summed E-state index contributed by atoms with van der Waals surface area (Å²) in [6, 6.07) is 15.5. The predicted molar refractivity (Wildman–Crippen MR) is 101 cm³/mol. The number of rotatable bonds is 5. The third kappa shape index (κ3) is 4.97. The van der Waals surface area contributed by atoms with E-state index in [9.17, 15) is 4.79 Å². The Morgan fingerprint density at radius 1 is 1.21 bits per heavy atom. The van der Waals surface area contributed by atoms with Gasteiger partial charge in [-0.05, 0) is 58.7 Å². The lowest BCUT2D eigenvalue weighted by Crippen LogP contribution is -2.36. The second-order valence-corrected chi connectivity index (χ2v) is 6.43. The molecule has 128 valence electrons. The Morgan fingerprint density at radius 2 is 1.96 bits per heavy atom. The van der Waals surface area contributed by atoms with Crippen LogP contribution in [0.25, 0.3) is 0 Å². The molecule has 1 unspecified atom stereocenters. The van der Waals surface area contributed by atoms with E-state index in [2.05, 4.69) is 26.6 Å². The number of benzene rings is 2. The quantitative estimate of drug-likeness (QED) is 0.791. The maximum absolute atomic E-state index is 12.2. The summed E-state index contributed by atoms with van der Waals surface area (Å²) in [6.45, 7) is 2.29. The van der Waals surface area contributed by atoms with Gasteiger partial charge in [0, 0.05) is 18.2 Å². The fraction of sp³-hybridized carbons (Fsp3) is 0.278. The molecule has 1 saturated heterocycles. The summed E-state index contributed by atoms with van der Waals surface area (Å²) in [5, 5.41) is 6.28. The van der Waals surface area contributed by atoms with Crippen LogP contribution in [0.2, 0.25) is 0 Å². The van der Waals surface area contributed by atoms with Crippen molar-refractivity contribution in [3.63, 3.8) is 0 Å². The Balaban J connectivity index is 0.00000208. The first-order valence-corrected chi connectivity index (χ1v) is 8.49. The molecule has 1 amide bonds. The number of hydrogen-bond donors (Lipinski definition) is 2. The highest BCUT2D eigenvalue weighted by Crippen LogP contribution is 2.24. The van der Waals surface area contributed by atoms with Crippen LogP contribution in [0.4, 0.5) is 0 Å². The van der Waals surface area contributed by atoms with Gasteiger partial charge in [-0.2, -0.15) is 0 Å². The van der Waals surface area contributed by atoms with Gasteiger partial charge in [0.1, 0.15) is 12.4 Å². The fourth-order valence-electron chi connectivity index (χ4n) is 2.52. The van der Waals surface area contributed by atoms with Crippen molar-refractivity contribution in [3.8, 4) is 5.75 Å². The zero-order valence-corrected chi connectivity index (χ0v) is 15.5. The molecular weight excluding hydrogens is 392 g/mol. The Bertz CT molecular complexity index is 673. The SMILES string of the molecule is Cl.O=C(NC1CCNC1)c1ccc(COc2ccccc2Br)cc1. The fourth-order valence-corrected chi connectivity index (χ4v) is 2.92. The number of nitrogens with one attached hydrogen (secondary N) is 2. The van der Waals surface area contributed by atoms with Crippen LogP contribution in [0, 0.1) is 0 Å². The summed E-state index contributed by atoms with van der Waals surface area (Å²) in [4.78, 5) is 12.2. The zero-order chi connectivity index (χ0) is 16.1. The second-order valence-electron chi connectivity index (χ2n) is 5.58. The maximum Gasteiger partial charge on any atom is 0.251 e. The Hall–Kier alpha value is -1.56. The van der Waals surface area contributed by atoms with Crippen molar-refractivity contribution in [2.45, 2.75) is 19.1 Å². The van der Waals surface area contributed by atoms with Crippen LogP contribution in [0.3, 0.4) is 0 Å². The summed E-state index contributed by atoms with van der Waals surface area (Å²) in [5.41, 5.74) is 1.71. The van der Waals surface area contributed by atoms with E-state index in [1.807, 2.05) is 48.5 Å². The summed E-state index contributed by atoms with van der Waals surface area (Å²) >= 11 is 3.46. The average molecular weight is 412 g/mol. The van der Waals surface area contributed by atoms with E-state index in [4.69, 9.17) is 4.74 Å². The topological polar surface area (TPSA) is 50.4 Å². The first-order valence-electron chi connectivity index (χ1n) is 7.70. The molecule has 0 radical (unpaired) electrons. The van der Waals surface area contributed by atoms with E-state index in [1.165, 1.54) is 0 Å². The number of amides is 1. The lowest BCUT2D eigenvalue weighted by molar-refractivity contribution is 0.0940. The Labute approximate surface area is 156 Å². The third-order valence-corrected chi connectivity index (χ3v) is 4.50. The van der Waals surface area contributed by atoms with Gasteiger partial charge in [-0.1, -0.05) is 24.3 Å². The highest BCUT2D eigenvalue weighted by atomic mass is 79.9. The van der Waals surface area contributed by atoms with Crippen LogP contribution in [0.5, 0.6) is 5.75 Å². The van der Waals surface area contributed by atoms with Crippen LogP contribution in [-0.2, 0) is 6.61 Å². The van der Waals surface area contributed by atoms with Gasteiger partial charge in [0.25, 0.3) is 5.91 Å². The monoisotopic (exact) mass is 410 g/mol. The maximum atomic E-state index is 12.2. The highest BCUT2D eigenvalue weighted by molar-refractivity contribution is 9.10. The van der Waals surface area contributed by atoms with Gasteiger partial charge in [0.05, 0.1) is 4.47 Å². The number of ether oxygens (including phenoxy) is 1. The molecule has 2 N–H and O–H groups in total. The number of halogens is 2. The van der Waals surface area contributed by atoms with Crippen LogP contribution in [0.15, 0.2) is 53.0 Å². The largest absolute Gasteiger partial charge is 0.488 e. The first-order chi connectivity index (χ1) is 11.2. The molecule has 0 bridgehead atoms. The van der Waals surface area contributed by atoms with Crippen molar-refractivity contribution >= 4 is 34.2 Å². The number of carbonyl (C=O) groups excluding carboxylic acids is 1. The smallest absolute Gasteiger partial charge is 0.251 e. The van der Waals surface area contributed by atoms with Crippen molar-refractivity contribution in [2.75, 3.05) is 13.1 Å². The van der Waals surface area contributed by atoms with Crippen LogP contribution >= 0.6 is 28.3 Å². The van der Waals surface area contributed by atoms with Crippen LogP contribution in [0.1, 0.15) is 22.3 Å². The van der Waals surface area contributed by atoms with Gasteiger partial charge in [0.2, 0.25) is 0 Å². The van der Waals surface area contributed by atoms with Crippen molar-refractivity contribution < 1.29 is 9.53 Å². The minimum Gasteiger partial charge on any atom is -0.488 e. The normalized spacial score (nSPS) is 16.3. The molecule has 4 nitrogen and oxygen atoms in total. The molecule has 1 fully saturated rings. The Kier molecular flexibility index (Phi) is 7.09. The average Bonchev–Trinajstić information content (AvgIpc) is 3.07. The van der Waals surface area contributed by atoms with Crippen molar-refractivity contribution in [3.05, 3.63) is 64.1 Å². The van der Waals surface area contributed by atoms with Crippen LogP contribution in [-0.4, -0.2) is 25.0 Å². The molecule has 1 aliphatic rings. The summed E-state index contributed by atoms with van der Waals surface area (Å²) < 4.78 is 6.71. The lowest BCUT2D eigenvalue weighted by Gasteiger charge is -2.12. The molecule has 24 heavy (non-hydrogen) atoms. The lowest BCUT2D eigenvalue weighted by atomic mass is 10.1. The van der Waals surface area contributed by atoms with Gasteiger partial charge in [0.15, 0.2) is 0 Å². The van der Waals surface area contributed by atoms with E-state index < -0.39 is 0 Å². The molecule has 6 heteroatoms. The van der Waals surface area contributed by atoms with E-state index in [1.54, 1.807) is 0 Å². The third-order valence-electron chi connectivity index (χ3n) is 3.84. The molecule has 1 atom stereocenters. The van der Waals surface area contributed by atoms with E-state index >= 15 is 0 Å². The first kappa shape index (κ1) is 18.8. The van der Waals surface area contributed by atoms with Crippen LogP contribution < -0.4 is 15.4 Å². The minimum absolute atomic E-state index is 0. The summed E-state index contributed by atoms with van der Waals surface area (Å²) in [6.07, 6.45) is 0.990. The standard InChI is InChI=1S/C18H19BrN2O2.ClH/c19-16-3-1-2-4-17(16)23-12-13-5-7-14(8-6-13)18(22)21-15-9-10-20-11-15;/h1-8,15,20H,9-12H2,(H,21,22);1H. The van der Waals surface area contributed by atoms with Gasteiger partial charge in [-0.15, -0.1) is 12.4 Å². The van der Waals surface area contributed by atoms with E-state index in [-0.39, 0.29) is 24.4 Å². The molecule has 2 aromatic carbocycles. The van der Waals surface area contributed by atoms with E-state index in [0.29, 0.717) is 12.2 Å². The predicted octanol–water partition coefficient (Wildman–Crippen LogP) is 3.54. The van der Waals surface area contributed by atoms with Crippen molar-refractivity contribution in [1.82, 2.24) is 10.6 Å². The summed E-state index contributed by atoms with van der Waals surface area (Å²) in [5.74, 6) is 0.792. The van der Waals surface area contributed by atoms with Gasteiger partial charge < -0.3 is 15.4 Å². The number of para-hydroxylation sites is 1. The molecule has 1 aliphatic heterocycles. The van der Waals surface area contributed by atoms with Gasteiger partial charge in [-0.3, -0.25) is 4.79 Å². The van der Waals surface area contributed by atoms with E-state index in [0.717, 1.165) is 35.3 Å². The molecular formula is C18H20BrClN2O2. The minimum atomic E-state index is -0.0167. The summed E-state index contributed by atoms with van der Waals surface area (Å²) in [7, 11) is 0. The molecule has 1 heterocycles. The van der Waals surface area contributed by atoms with Crippen molar-refractivity contribution in [1.29, 1.82) is 0 Å². The molecule has 0 saturated carbocycles. The van der Waals surface area contributed by atoms with Gasteiger partial charge >= 0.3 is 0 Å². The Morgan fingerprint density at radius 3 is 2.62 bits per heavy atom. The molecule has 3 rings (SSSR count). The second kappa shape index (κ2) is 9.06. The highest BCUT2D eigenvalue weighted by Gasteiger charge is 2.17. The molecule has 2 aromatic rings.